The van der Waals surface area contributed by atoms with Crippen molar-refractivity contribution in [1.29, 1.82) is 0 Å². The number of amides is 2. The number of para-hydroxylation sites is 1. The Kier molecular flexibility index (Phi) is 5.49. The van der Waals surface area contributed by atoms with Gasteiger partial charge < -0.3 is 15.5 Å². The third-order valence-corrected chi connectivity index (χ3v) is 3.68. The van der Waals surface area contributed by atoms with Gasteiger partial charge in [-0.15, -0.1) is 0 Å². The van der Waals surface area contributed by atoms with Crippen LogP contribution in [0.1, 0.15) is 12.8 Å². The lowest BCUT2D eigenvalue weighted by Gasteiger charge is -2.10. The Bertz CT molecular complexity index is 548. The number of rotatable bonds is 7. The Labute approximate surface area is 129 Å². The van der Waals surface area contributed by atoms with Crippen LogP contribution in [0.2, 0.25) is 0 Å². The van der Waals surface area contributed by atoms with Gasteiger partial charge >= 0.3 is 0 Å². The summed E-state index contributed by atoms with van der Waals surface area (Å²) in [5.41, 5.74) is 0.157. The van der Waals surface area contributed by atoms with Gasteiger partial charge in [-0.1, -0.05) is 12.1 Å². The lowest BCUT2D eigenvalue weighted by molar-refractivity contribution is -0.125. The molecule has 2 N–H and O–H groups in total. The first kappa shape index (κ1) is 16.4. The molecule has 0 saturated heterocycles. The Morgan fingerprint density at radius 2 is 1.91 bits per heavy atom. The maximum atomic E-state index is 13.5. The molecular formula is C16H22FN3O2. The highest BCUT2D eigenvalue weighted by atomic mass is 19.1. The summed E-state index contributed by atoms with van der Waals surface area (Å²) >= 11 is 0. The fraction of sp³-hybridized carbons (Fsp3) is 0.500. The van der Waals surface area contributed by atoms with Crippen molar-refractivity contribution in [2.45, 2.75) is 12.8 Å². The molecule has 2 rings (SSSR count). The van der Waals surface area contributed by atoms with Crippen molar-refractivity contribution >= 4 is 17.5 Å². The van der Waals surface area contributed by atoms with E-state index in [1.165, 1.54) is 12.1 Å². The molecule has 2 amide bonds. The molecule has 0 bridgehead atoms. The average molecular weight is 307 g/mol. The Morgan fingerprint density at radius 1 is 1.23 bits per heavy atom. The fourth-order valence-electron chi connectivity index (χ4n) is 2.30. The number of carbonyl (C=O) groups is 2. The van der Waals surface area contributed by atoms with E-state index in [2.05, 4.69) is 10.6 Å². The molecule has 0 radical (unpaired) electrons. The number of hydrogen-bond acceptors (Lipinski definition) is 3. The second kappa shape index (κ2) is 7.35. The van der Waals surface area contributed by atoms with E-state index in [-0.39, 0.29) is 29.3 Å². The zero-order valence-electron chi connectivity index (χ0n) is 12.9. The number of anilines is 1. The van der Waals surface area contributed by atoms with Gasteiger partial charge in [0.1, 0.15) is 5.82 Å². The zero-order chi connectivity index (χ0) is 16.1. The first-order chi connectivity index (χ1) is 10.5. The lowest BCUT2D eigenvalue weighted by Crippen LogP contribution is -2.30. The molecule has 1 aliphatic rings. The molecule has 2 atom stereocenters. The van der Waals surface area contributed by atoms with E-state index in [1.807, 2.05) is 19.0 Å². The summed E-state index contributed by atoms with van der Waals surface area (Å²) in [7, 11) is 3.96. The van der Waals surface area contributed by atoms with E-state index in [0.717, 1.165) is 13.0 Å². The molecule has 1 aliphatic carbocycles. The van der Waals surface area contributed by atoms with Crippen LogP contribution in [0.5, 0.6) is 0 Å². The van der Waals surface area contributed by atoms with E-state index in [0.29, 0.717) is 13.0 Å². The molecule has 1 fully saturated rings. The van der Waals surface area contributed by atoms with Crippen molar-refractivity contribution in [3.05, 3.63) is 30.1 Å². The van der Waals surface area contributed by atoms with Gasteiger partial charge in [-0.25, -0.2) is 4.39 Å². The highest BCUT2D eigenvalue weighted by Gasteiger charge is 2.47. The van der Waals surface area contributed by atoms with Crippen LogP contribution in [0.15, 0.2) is 24.3 Å². The Morgan fingerprint density at radius 3 is 2.59 bits per heavy atom. The minimum atomic E-state index is -0.471. The molecular weight excluding hydrogens is 285 g/mol. The predicted molar refractivity (Wildman–Crippen MR) is 82.8 cm³/mol. The topological polar surface area (TPSA) is 61.4 Å². The van der Waals surface area contributed by atoms with Crippen molar-refractivity contribution in [2.24, 2.45) is 11.8 Å². The molecule has 22 heavy (non-hydrogen) atoms. The van der Waals surface area contributed by atoms with Gasteiger partial charge in [0.15, 0.2) is 0 Å². The second-order valence-corrected chi connectivity index (χ2v) is 5.87. The maximum absolute atomic E-state index is 13.5. The minimum Gasteiger partial charge on any atom is -0.356 e. The van der Waals surface area contributed by atoms with Crippen molar-refractivity contribution in [3.63, 3.8) is 0 Å². The van der Waals surface area contributed by atoms with Gasteiger partial charge in [-0.3, -0.25) is 9.59 Å². The molecule has 6 heteroatoms. The molecule has 120 valence electrons. The maximum Gasteiger partial charge on any atom is 0.228 e. The van der Waals surface area contributed by atoms with Crippen LogP contribution < -0.4 is 10.6 Å². The van der Waals surface area contributed by atoms with Crippen molar-refractivity contribution in [3.8, 4) is 0 Å². The smallest absolute Gasteiger partial charge is 0.228 e. The highest BCUT2D eigenvalue weighted by Crippen LogP contribution is 2.39. The van der Waals surface area contributed by atoms with Crippen LogP contribution >= 0.6 is 0 Å². The van der Waals surface area contributed by atoms with E-state index < -0.39 is 5.82 Å². The molecule has 0 aliphatic heterocycles. The summed E-state index contributed by atoms with van der Waals surface area (Å²) in [4.78, 5) is 26.0. The highest BCUT2D eigenvalue weighted by molar-refractivity contribution is 5.99. The van der Waals surface area contributed by atoms with Gasteiger partial charge in [-0.05, 0) is 45.6 Å². The molecule has 0 heterocycles. The summed E-state index contributed by atoms with van der Waals surface area (Å²) in [5, 5.41) is 5.38. The number of halogens is 1. The van der Waals surface area contributed by atoms with Crippen LogP contribution in [0.3, 0.4) is 0 Å². The molecule has 5 nitrogen and oxygen atoms in total. The molecule has 0 aromatic heterocycles. The Hall–Kier alpha value is -1.95. The largest absolute Gasteiger partial charge is 0.356 e. The first-order valence-electron chi connectivity index (χ1n) is 7.47. The third-order valence-electron chi connectivity index (χ3n) is 3.68. The van der Waals surface area contributed by atoms with Crippen LogP contribution in [0, 0.1) is 17.7 Å². The molecule has 2 unspecified atom stereocenters. The summed E-state index contributed by atoms with van der Waals surface area (Å²) < 4.78 is 13.5. The van der Waals surface area contributed by atoms with Crippen LogP contribution in [0.4, 0.5) is 10.1 Å². The first-order valence-corrected chi connectivity index (χ1v) is 7.47. The minimum absolute atomic E-state index is 0.0903. The van der Waals surface area contributed by atoms with Crippen LogP contribution in [-0.2, 0) is 9.59 Å². The number of nitrogens with one attached hydrogen (secondary N) is 2. The molecule has 1 aromatic rings. The summed E-state index contributed by atoms with van der Waals surface area (Å²) in [5.74, 6) is -1.49. The standard InChI is InChI=1S/C16H22FN3O2/c1-20(2)9-5-8-18-15(21)11-10-12(11)16(22)19-14-7-4-3-6-13(14)17/h3-4,6-7,11-12H,5,8-10H2,1-2H3,(H,18,21)(H,19,22). The quantitative estimate of drug-likeness (QED) is 0.750. The number of nitrogens with zero attached hydrogens (tertiary/aromatic N) is 1. The van der Waals surface area contributed by atoms with Crippen molar-refractivity contribution in [2.75, 3.05) is 32.5 Å². The van der Waals surface area contributed by atoms with Gasteiger partial charge in [0, 0.05) is 6.54 Å². The monoisotopic (exact) mass is 307 g/mol. The number of hydrogen-bond donors (Lipinski definition) is 2. The van der Waals surface area contributed by atoms with E-state index in [1.54, 1.807) is 12.1 Å². The fourth-order valence-corrected chi connectivity index (χ4v) is 2.30. The van der Waals surface area contributed by atoms with Crippen LogP contribution in [0.25, 0.3) is 0 Å². The summed E-state index contributed by atoms with van der Waals surface area (Å²) in [6, 6.07) is 6.01. The lowest BCUT2D eigenvalue weighted by atomic mass is 10.2. The number of benzene rings is 1. The van der Waals surface area contributed by atoms with Gasteiger partial charge in [0.2, 0.25) is 11.8 Å². The normalized spacial score (nSPS) is 19.8. The van der Waals surface area contributed by atoms with Gasteiger partial charge in [0.05, 0.1) is 17.5 Å². The van der Waals surface area contributed by atoms with E-state index in [9.17, 15) is 14.0 Å². The van der Waals surface area contributed by atoms with Crippen LogP contribution in [-0.4, -0.2) is 43.9 Å². The summed E-state index contributed by atoms with van der Waals surface area (Å²) in [6.45, 7) is 1.51. The summed E-state index contributed by atoms with van der Waals surface area (Å²) in [6.07, 6.45) is 1.40. The predicted octanol–water partition coefficient (Wildman–Crippen LogP) is 1.47. The van der Waals surface area contributed by atoms with Gasteiger partial charge in [-0.2, -0.15) is 0 Å². The zero-order valence-corrected chi connectivity index (χ0v) is 12.9. The second-order valence-electron chi connectivity index (χ2n) is 5.87. The molecule has 1 saturated carbocycles. The van der Waals surface area contributed by atoms with E-state index >= 15 is 0 Å². The molecule has 0 spiro atoms. The Balaban J connectivity index is 1.73. The average Bonchev–Trinajstić information content (AvgIpc) is 3.26. The van der Waals surface area contributed by atoms with Crippen molar-refractivity contribution in [1.82, 2.24) is 10.2 Å². The van der Waals surface area contributed by atoms with E-state index in [4.69, 9.17) is 0 Å². The third kappa shape index (κ3) is 4.53. The van der Waals surface area contributed by atoms with Crippen molar-refractivity contribution < 1.29 is 14.0 Å². The SMILES string of the molecule is CN(C)CCCNC(=O)C1CC1C(=O)Nc1ccccc1F. The number of carbonyl (C=O) groups excluding carboxylic acids is 2. The molecule has 1 aromatic carbocycles. The van der Waals surface area contributed by atoms with Gasteiger partial charge in [0.25, 0.3) is 0 Å².